The van der Waals surface area contributed by atoms with Crippen LogP contribution in [0.15, 0.2) is 30.3 Å². The molecule has 2 amide bonds. The van der Waals surface area contributed by atoms with Crippen LogP contribution in [0.25, 0.3) is 0 Å². The van der Waals surface area contributed by atoms with Crippen molar-refractivity contribution in [2.24, 2.45) is 0 Å². The first-order valence-electron chi connectivity index (χ1n) is 12.2. The van der Waals surface area contributed by atoms with Crippen LogP contribution in [0.1, 0.15) is 44.6 Å². The van der Waals surface area contributed by atoms with Gasteiger partial charge in [0.25, 0.3) is 0 Å². The van der Waals surface area contributed by atoms with Gasteiger partial charge in [-0.15, -0.1) is 0 Å². The Morgan fingerprint density at radius 1 is 0.938 bits per heavy atom. The van der Waals surface area contributed by atoms with E-state index >= 15 is 0 Å². The molecule has 7 nitrogen and oxygen atoms in total. The van der Waals surface area contributed by atoms with E-state index in [9.17, 15) is 9.59 Å². The highest BCUT2D eigenvalue weighted by atomic mass is 16.5. The van der Waals surface area contributed by atoms with Crippen LogP contribution >= 0.6 is 0 Å². The maximum Gasteiger partial charge on any atom is 0.245 e. The average molecular weight is 446 g/mol. The number of morpholine rings is 2. The second-order valence-corrected chi connectivity index (χ2v) is 8.70. The molecule has 0 saturated carbocycles. The van der Waals surface area contributed by atoms with E-state index in [4.69, 9.17) is 9.47 Å². The molecule has 32 heavy (non-hydrogen) atoms. The molecular weight excluding hydrogens is 406 g/mol. The van der Waals surface area contributed by atoms with Crippen molar-refractivity contribution in [3.63, 3.8) is 0 Å². The Bertz CT molecular complexity index is 688. The van der Waals surface area contributed by atoms with Gasteiger partial charge in [-0.05, 0) is 12.0 Å². The molecule has 1 N–H and O–H groups in total. The third-order valence-corrected chi connectivity index (χ3v) is 6.34. The topological polar surface area (TPSA) is 71.1 Å². The molecule has 0 aliphatic carbocycles. The summed E-state index contributed by atoms with van der Waals surface area (Å²) in [4.78, 5) is 30.9. The van der Waals surface area contributed by atoms with Crippen LogP contribution in [0.2, 0.25) is 0 Å². The third kappa shape index (κ3) is 7.57. The molecule has 2 atom stereocenters. The number of amides is 2. The molecule has 2 unspecified atom stereocenters. The lowest BCUT2D eigenvalue weighted by molar-refractivity contribution is -0.141. The zero-order valence-electron chi connectivity index (χ0n) is 19.5. The smallest absolute Gasteiger partial charge is 0.245 e. The molecule has 0 bridgehead atoms. The quantitative estimate of drug-likeness (QED) is 0.529. The van der Waals surface area contributed by atoms with Crippen LogP contribution in [-0.2, 0) is 25.5 Å². The van der Waals surface area contributed by atoms with Crippen molar-refractivity contribution >= 4 is 11.8 Å². The van der Waals surface area contributed by atoms with Gasteiger partial charge in [0.2, 0.25) is 11.8 Å². The molecule has 1 aromatic rings. The van der Waals surface area contributed by atoms with Crippen molar-refractivity contribution in [1.82, 2.24) is 15.1 Å². The third-order valence-electron chi connectivity index (χ3n) is 6.34. The summed E-state index contributed by atoms with van der Waals surface area (Å²) in [7, 11) is 0. The van der Waals surface area contributed by atoms with E-state index in [0.29, 0.717) is 45.9 Å². The molecule has 0 radical (unpaired) electrons. The fraction of sp³-hybridized carbons (Fsp3) is 0.680. The van der Waals surface area contributed by atoms with Crippen molar-refractivity contribution in [2.45, 2.75) is 57.5 Å². The Hall–Kier alpha value is -1.96. The van der Waals surface area contributed by atoms with Crippen LogP contribution in [0, 0.1) is 0 Å². The van der Waals surface area contributed by atoms with E-state index in [0.717, 1.165) is 37.9 Å². The monoisotopic (exact) mass is 445 g/mol. The molecule has 2 fully saturated rings. The fourth-order valence-corrected chi connectivity index (χ4v) is 4.46. The first-order chi connectivity index (χ1) is 15.7. The summed E-state index contributed by atoms with van der Waals surface area (Å²) in [6.45, 7) is 7.25. The van der Waals surface area contributed by atoms with Crippen molar-refractivity contribution in [2.75, 3.05) is 52.6 Å². The lowest BCUT2D eigenvalue weighted by Crippen LogP contribution is -2.57. The second kappa shape index (κ2) is 13.6. The van der Waals surface area contributed by atoms with Gasteiger partial charge in [0.1, 0.15) is 6.04 Å². The van der Waals surface area contributed by atoms with Gasteiger partial charge >= 0.3 is 0 Å². The Morgan fingerprint density at radius 3 is 2.25 bits per heavy atom. The summed E-state index contributed by atoms with van der Waals surface area (Å²) in [6, 6.07) is 9.14. The number of nitrogens with zero attached hydrogens (tertiary/aromatic N) is 2. The predicted octanol–water partition coefficient (Wildman–Crippen LogP) is 2.24. The van der Waals surface area contributed by atoms with Crippen LogP contribution in [0.4, 0.5) is 0 Å². The molecule has 7 heteroatoms. The predicted molar refractivity (Wildman–Crippen MR) is 124 cm³/mol. The number of hydrogen-bond acceptors (Lipinski definition) is 5. The molecule has 3 rings (SSSR count). The fourth-order valence-electron chi connectivity index (χ4n) is 4.46. The van der Waals surface area contributed by atoms with Gasteiger partial charge in [0, 0.05) is 32.6 Å². The molecule has 1 aromatic carbocycles. The zero-order valence-corrected chi connectivity index (χ0v) is 19.5. The molecule has 178 valence electrons. The van der Waals surface area contributed by atoms with Crippen molar-refractivity contribution in [1.29, 1.82) is 0 Å². The minimum Gasteiger partial charge on any atom is -0.379 e. The van der Waals surface area contributed by atoms with E-state index in [1.165, 1.54) is 12.8 Å². The van der Waals surface area contributed by atoms with Gasteiger partial charge in [0.05, 0.1) is 32.5 Å². The molecule has 2 aliphatic rings. The van der Waals surface area contributed by atoms with E-state index in [2.05, 4.69) is 17.1 Å². The number of rotatable bonds is 11. The van der Waals surface area contributed by atoms with Gasteiger partial charge in [-0.25, -0.2) is 0 Å². The Morgan fingerprint density at radius 2 is 1.59 bits per heavy atom. The summed E-state index contributed by atoms with van der Waals surface area (Å²) in [5, 5.41) is 3.15. The number of benzene rings is 1. The Balaban J connectivity index is 1.71. The number of carbonyl (C=O) groups is 2. The maximum absolute atomic E-state index is 13.5. The van der Waals surface area contributed by atoms with E-state index in [-0.39, 0.29) is 17.9 Å². The number of ether oxygens (including phenoxy) is 2. The normalized spacial score (nSPS) is 19.3. The number of hydrogen-bond donors (Lipinski definition) is 1. The summed E-state index contributed by atoms with van der Waals surface area (Å²) in [5.41, 5.74) is 1.05. The van der Waals surface area contributed by atoms with Crippen molar-refractivity contribution in [3.05, 3.63) is 35.9 Å². The van der Waals surface area contributed by atoms with Gasteiger partial charge in [-0.3, -0.25) is 14.5 Å². The Kier molecular flexibility index (Phi) is 10.5. The highest BCUT2D eigenvalue weighted by Gasteiger charge is 2.32. The van der Waals surface area contributed by atoms with Crippen LogP contribution in [0.3, 0.4) is 0 Å². The highest BCUT2D eigenvalue weighted by molar-refractivity contribution is 5.90. The van der Waals surface area contributed by atoms with Gasteiger partial charge in [-0.2, -0.15) is 0 Å². The molecule has 0 aromatic heterocycles. The first kappa shape index (κ1) is 24.7. The summed E-state index contributed by atoms with van der Waals surface area (Å²) in [6.07, 6.45) is 5.81. The molecule has 0 spiro atoms. The molecule has 2 saturated heterocycles. The zero-order chi connectivity index (χ0) is 22.6. The largest absolute Gasteiger partial charge is 0.379 e. The average Bonchev–Trinajstić information content (AvgIpc) is 2.85. The highest BCUT2D eigenvalue weighted by Crippen LogP contribution is 2.15. The van der Waals surface area contributed by atoms with Crippen LogP contribution < -0.4 is 5.32 Å². The van der Waals surface area contributed by atoms with E-state index < -0.39 is 6.04 Å². The number of unbranched alkanes of at least 4 members (excludes halogenated alkanes) is 3. The molecule has 2 heterocycles. The summed E-state index contributed by atoms with van der Waals surface area (Å²) >= 11 is 0. The second-order valence-electron chi connectivity index (χ2n) is 8.70. The molecular formula is C25H39N3O4. The number of nitrogens with one attached hydrogen (secondary N) is 1. The van der Waals surface area contributed by atoms with Crippen molar-refractivity contribution < 1.29 is 19.1 Å². The van der Waals surface area contributed by atoms with Crippen LogP contribution in [-0.4, -0.2) is 86.3 Å². The van der Waals surface area contributed by atoms with Crippen molar-refractivity contribution in [3.8, 4) is 0 Å². The number of carbonyl (C=O) groups excluding carboxylic acids is 2. The van der Waals surface area contributed by atoms with E-state index in [1.807, 2.05) is 35.2 Å². The lowest BCUT2D eigenvalue weighted by atomic mass is 10.0. The Labute approximate surface area is 192 Å². The summed E-state index contributed by atoms with van der Waals surface area (Å²) < 4.78 is 10.9. The summed E-state index contributed by atoms with van der Waals surface area (Å²) in [5.74, 6) is -0.0526. The minimum atomic E-state index is -0.567. The standard InChI is InChI=1S/C25H39N3O4/c1-2-3-4-8-11-23(27-12-16-31-17-13-27)24(29)26-22(20-21-9-6-5-7-10-21)25(30)28-14-18-32-19-15-28/h5-7,9-10,22-23H,2-4,8,11-20H2,1H3,(H,26,29). The van der Waals surface area contributed by atoms with Gasteiger partial charge in [-0.1, -0.05) is 62.9 Å². The van der Waals surface area contributed by atoms with Gasteiger partial charge < -0.3 is 19.7 Å². The SMILES string of the molecule is CCCCCCC(C(=O)NC(Cc1ccccc1)C(=O)N1CCOCC1)N1CCOCC1. The van der Waals surface area contributed by atoms with Crippen LogP contribution in [0.5, 0.6) is 0 Å². The maximum atomic E-state index is 13.5. The van der Waals surface area contributed by atoms with E-state index in [1.54, 1.807) is 0 Å². The lowest BCUT2D eigenvalue weighted by Gasteiger charge is -2.35. The minimum absolute atomic E-state index is 0.0165. The molecule has 2 aliphatic heterocycles. The van der Waals surface area contributed by atoms with Gasteiger partial charge in [0.15, 0.2) is 0 Å². The first-order valence-corrected chi connectivity index (χ1v) is 12.2.